The van der Waals surface area contributed by atoms with Crippen LogP contribution < -0.4 is 0 Å². The Bertz CT molecular complexity index is 460. The minimum atomic E-state index is -2.18. The summed E-state index contributed by atoms with van der Waals surface area (Å²) in [4.78, 5) is 12.0. The molecule has 0 radical (unpaired) electrons. The van der Waals surface area contributed by atoms with E-state index >= 15 is 0 Å². The summed E-state index contributed by atoms with van der Waals surface area (Å²) in [5.41, 5.74) is 4.29. The monoisotopic (exact) mass is 262 g/mol. The molecule has 0 heterocycles. The first-order valence-corrected chi connectivity index (χ1v) is 12.7. The Balaban J connectivity index is 2.58. The molecule has 0 saturated heterocycles. The fourth-order valence-electron chi connectivity index (χ4n) is 3.11. The molecule has 1 nitrogen and oxygen atoms in total. The Labute approximate surface area is 106 Å². The SMILES string of the molecule is C[Si](C)(C)/C(=C1\Cc2ccccc21)[Si](C)(C)O. The summed E-state index contributed by atoms with van der Waals surface area (Å²) >= 11 is 0. The Morgan fingerprint density at radius 2 is 1.65 bits per heavy atom. The van der Waals surface area contributed by atoms with Crippen molar-refractivity contribution in [1.82, 2.24) is 0 Å². The molecule has 0 spiro atoms. The van der Waals surface area contributed by atoms with Crippen LogP contribution in [0.3, 0.4) is 0 Å². The zero-order valence-corrected chi connectivity index (χ0v) is 13.5. The van der Waals surface area contributed by atoms with Gasteiger partial charge in [-0.3, -0.25) is 0 Å². The Kier molecular flexibility index (Phi) is 2.96. The molecule has 3 heteroatoms. The molecule has 0 saturated carbocycles. The first kappa shape index (κ1) is 12.8. The van der Waals surface area contributed by atoms with Crippen LogP contribution in [-0.4, -0.2) is 21.2 Å². The van der Waals surface area contributed by atoms with Gasteiger partial charge in [0.15, 0.2) is 0 Å². The molecule has 17 heavy (non-hydrogen) atoms. The third-order valence-corrected chi connectivity index (χ3v) is 10.8. The number of benzene rings is 1. The maximum atomic E-state index is 10.6. The van der Waals surface area contributed by atoms with Crippen molar-refractivity contribution < 1.29 is 4.80 Å². The highest BCUT2D eigenvalue weighted by atomic mass is 28.4. The van der Waals surface area contributed by atoms with Crippen LogP contribution in [-0.2, 0) is 6.42 Å². The quantitative estimate of drug-likeness (QED) is 0.807. The van der Waals surface area contributed by atoms with E-state index in [0.29, 0.717) is 0 Å². The molecular formula is C14H22OSi2. The van der Waals surface area contributed by atoms with Crippen molar-refractivity contribution in [3.05, 3.63) is 40.2 Å². The maximum Gasteiger partial charge on any atom is 0.206 e. The second kappa shape index (κ2) is 3.93. The van der Waals surface area contributed by atoms with Gasteiger partial charge in [0.25, 0.3) is 0 Å². The molecule has 1 aromatic rings. The van der Waals surface area contributed by atoms with Gasteiger partial charge in [-0.15, -0.1) is 0 Å². The summed E-state index contributed by atoms with van der Waals surface area (Å²) in [6.45, 7) is 11.2. The van der Waals surface area contributed by atoms with E-state index < -0.39 is 16.4 Å². The lowest BCUT2D eigenvalue weighted by molar-refractivity contribution is 0.565. The molecule has 0 fully saturated rings. The predicted molar refractivity (Wildman–Crippen MR) is 80.1 cm³/mol. The smallest absolute Gasteiger partial charge is 0.206 e. The lowest BCUT2D eigenvalue weighted by atomic mass is 9.84. The molecule has 92 valence electrons. The van der Waals surface area contributed by atoms with Crippen LogP contribution >= 0.6 is 0 Å². The average molecular weight is 263 g/mol. The van der Waals surface area contributed by atoms with Gasteiger partial charge < -0.3 is 4.80 Å². The number of hydrogen-bond donors (Lipinski definition) is 1. The molecule has 0 aliphatic heterocycles. The van der Waals surface area contributed by atoms with E-state index in [1.165, 1.54) is 21.5 Å². The highest BCUT2D eigenvalue weighted by Crippen LogP contribution is 2.41. The highest BCUT2D eigenvalue weighted by Gasteiger charge is 2.38. The van der Waals surface area contributed by atoms with Crippen molar-refractivity contribution >= 4 is 22.0 Å². The van der Waals surface area contributed by atoms with Crippen LogP contribution in [0.2, 0.25) is 32.7 Å². The fraction of sp³-hybridized carbons (Fsp3) is 0.429. The van der Waals surface area contributed by atoms with E-state index in [9.17, 15) is 4.80 Å². The maximum absolute atomic E-state index is 10.6. The third-order valence-electron chi connectivity index (χ3n) is 3.37. The van der Waals surface area contributed by atoms with Crippen LogP contribution in [0.15, 0.2) is 29.1 Å². The first-order chi connectivity index (χ1) is 7.71. The fourth-order valence-corrected chi connectivity index (χ4v) is 12.5. The van der Waals surface area contributed by atoms with Gasteiger partial charge in [-0.2, -0.15) is 0 Å². The second-order valence-electron chi connectivity index (χ2n) is 6.50. The average Bonchev–Trinajstić information content (AvgIpc) is 2.10. The molecule has 1 N–H and O–H groups in total. The molecule has 0 aromatic heterocycles. The summed E-state index contributed by atoms with van der Waals surface area (Å²) in [6, 6.07) is 8.61. The minimum Gasteiger partial charge on any atom is -0.428 e. The second-order valence-corrected chi connectivity index (χ2v) is 15.6. The van der Waals surface area contributed by atoms with Gasteiger partial charge in [0, 0.05) is 0 Å². The van der Waals surface area contributed by atoms with Crippen molar-refractivity contribution in [2.24, 2.45) is 0 Å². The first-order valence-electron chi connectivity index (χ1n) is 6.26. The van der Waals surface area contributed by atoms with E-state index in [0.717, 1.165) is 6.42 Å². The summed E-state index contributed by atoms with van der Waals surface area (Å²) in [5, 5.41) is 0. The molecule has 1 aromatic carbocycles. The largest absolute Gasteiger partial charge is 0.428 e. The van der Waals surface area contributed by atoms with Crippen molar-refractivity contribution in [2.45, 2.75) is 39.2 Å². The molecule has 0 amide bonds. The molecule has 1 aliphatic carbocycles. The molecule has 0 unspecified atom stereocenters. The number of hydrogen-bond acceptors (Lipinski definition) is 1. The van der Waals surface area contributed by atoms with Gasteiger partial charge >= 0.3 is 0 Å². The topological polar surface area (TPSA) is 20.2 Å². The molecular weight excluding hydrogens is 240 g/mol. The normalized spacial score (nSPS) is 18.5. The van der Waals surface area contributed by atoms with Crippen molar-refractivity contribution in [2.75, 3.05) is 0 Å². The van der Waals surface area contributed by atoms with Gasteiger partial charge in [0.2, 0.25) is 8.32 Å². The van der Waals surface area contributed by atoms with Crippen LogP contribution in [0.1, 0.15) is 11.1 Å². The van der Waals surface area contributed by atoms with Gasteiger partial charge in [0.1, 0.15) is 0 Å². The van der Waals surface area contributed by atoms with Gasteiger partial charge in [-0.05, 0) is 36.2 Å². The zero-order valence-electron chi connectivity index (χ0n) is 11.5. The van der Waals surface area contributed by atoms with Gasteiger partial charge in [0.05, 0.1) is 8.07 Å². The van der Waals surface area contributed by atoms with E-state index in [4.69, 9.17) is 0 Å². The van der Waals surface area contributed by atoms with E-state index in [2.05, 4.69) is 57.0 Å². The van der Waals surface area contributed by atoms with Gasteiger partial charge in [-0.1, -0.05) is 48.7 Å². The van der Waals surface area contributed by atoms with Crippen LogP contribution in [0.5, 0.6) is 0 Å². The summed E-state index contributed by atoms with van der Waals surface area (Å²) < 4.78 is 0. The zero-order chi connectivity index (χ0) is 12.8. The Morgan fingerprint density at radius 1 is 1.06 bits per heavy atom. The number of rotatable bonds is 2. The lowest BCUT2D eigenvalue weighted by Crippen LogP contribution is -2.44. The summed E-state index contributed by atoms with van der Waals surface area (Å²) in [5.74, 6) is 0. The highest BCUT2D eigenvalue weighted by molar-refractivity contribution is 7.03. The third kappa shape index (κ3) is 2.32. The van der Waals surface area contributed by atoms with Crippen LogP contribution in [0.4, 0.5) is 0 Å². The minimum absolute atomic E-state index is 1.06. The van der Waals surface area contributed by atoms with Crippen molar-refractivity contribution in [3.8, 4) is 0 Å². The Hall–Kier alpha value is -0.646. The predicted octanol–water partition coefficient (Wildman–Crippen LogP) is 3.61. The van der Waals surface area contributed by atoms with Crippen LogP contribution in [0, 0.1) is 0 Å². The van der Waals surface area contributed by atoms with Crippen LogP contribution in [0.25, 0.3) is 5.57 Å². The van der Waals surface area contributed by atoms with Crippen molar-refractivity contribution in [3.63, 3.8) is 0 Å². The molecule has 2 rings (SSSR count). The Morgan fingerprint density at radius 3 is 2.12 bits per heavy atom. The van der Waals surface area contributed by atoms with Gasteiger partial charge in [-0.25, -0.2) is 0 Å². The standard InChI is InChI=1S/C14H22OSi2/c1-16(2,3)14(17(4,5)15)13-10-11-8-6-7-9-12(11)13/h6-9,15H,10H2,1-5H3/b14-13-. The number of fused-ring (bicyclic) bond motifs is 1. The molecule has 0 bridgehead atoms. The van der Waals surface area contributed by atoms with E-state index in [1.807, 2.05) is 0 Å². The summed E-state index contributed by atoms with van der Waals surface area (Å²) in [7, 11) is -3.61. The summed E-state index contributed by atoms with van der Waals surface area (Å²) in [6.07, 6.45) is 1.06. The molecule has 0 atom stereocenters. The van der Waals surface area contributed by atoms with Crippen molar-refractivity contribution in [1.29, 1.82) is 0 Å². The lowest BCUT2D eigenvalue weighted by Gasteiger charge is -2.37. The van der Waals surface area contributed by atoms with E-state index in [1.54, 1.807) is 0 Å². The molecule has 1 aliphatic rings. The number of allylic oxidation sites excluding steroid dienone is 1. The van der Waals surface area contributed by atoms with E-state index in [-0.39, 0.29) is 0 Å².